The molecule has 1 fully saturated rings. The van der Waals surface area contributed by atoms with Crippen LogP contribution in [0.2, 0.25) is 0 Å². The van der Waals surface area contributed by atoms with Crippen molar-refractivity contribution in [1.29, 1.82) is 0 Å². The van der Waals surface area contributed by atoms with Gasteiger partial charge in [-0.05, 0) is 33.4 Å². The lowest BCUT2D eigenvalue weighted by Crippen LogP contribution is -2.38. The van der Waals surface area contributed by atoms with E-state index < -0.39 is 0 Å². The lowest BCUT2D eigenvalue weighted by atomic mass is 9.91. The summed E-state index contributed by atoms with van der Waals surface area (Å²) in [6.45, 7) is 0. The Hall–Kier alpha value is 0.500. The van der Waals surface area contributed by atoms with Gasteiger partial charge in [-0.3, -0.25) is 0 Å². The van der Waals surface area contributed by atoms with Crippen LogP contribution in [0.1, 0.15) is 25.7 Å². The zero-order chi connectivity index (χ0) is 7.56. The molecule has 1 rings (SSSR count). The Kier molecular flexibility index (Phi) is 8.69. The topological polar surface area (TPSA) is 29.3 Å². The van der Waals surface area contributed by atoms with Crippen LogP contribution in [0.5, 0.6) is 0 Å². The number of hydrogen-bond donors (Lipinski definition) is 1. The molecule has 2 N–H and O–H groups in total. The number of nitrogens with zero attached hydrogens (tertiary/aromatic N) is 1. The van der Waals surface area contributed by atoms with Crippen LogP contribution in [0, 0.1) is 0 Å². The molecule has 0 bridgehead atoms. The standard InChI is InChI=1S/C8H18N2.2ClH/c1-10(2)8-5-3-4-7(9)6-8;;/h7-8H,3-6,9H2,1-2H3;2*1H. The third-order valence-corrected chi connectivity index (χ3v) is 2.42. The summed E-state index contributed by atoms with van der Waals surface area (Å²) in [7, 11) is 4.28. The minimum atomic E-state index is 0. The van der Waals surface area contributed by atoms with Gasteiger partial charge in [-0.1, -0.05) is 6.42 Å². The minimum absolute atomic E-state index is 0. The zero-order valence-corrected chi connectivity index (χ0v) is 9.46. The second kappa shape index (κ2) is 6.96. The highest BCUT2D eigenvalue weighted by Gasteiger charge is 2.19. The monoisotopic (exact) mass is 214 g/mol. The Morgan fingerprint density at radius 2 is 1.75 bits per heavy atom. The van der Waals surface area contributed by atoms with Crippen LogP contribution in [0.15, 0.2) is 0 Å². The second-order valence-corrected chi connectivity index (χ2v) is 3.54. The molecule has 0 heterocycles. The molecule has 0 spiro atoms. The summed E-state index contributed by atoms with van der Waals surface area (Å²) in [4.78, 5) is 2.29. The van der Waals surface area contributed by atoms with Crippen LogP contribution in [-0.4, -0.2) is 31.1 Å². The lowest BCUT2D eigenvalue weighted by Gasteiger charge is -2.31. The molecule has 2 nitrogen and oxygen atoms in total. The van der Waals surface area contributed by atoms with E-state index in [-0.39, 0.29) is 24.8 Å². The summed E-state index contributed by atoms with van der Waals surface area (Å²) >= 11 is 0. The summed E-state index contributed by atoms with van der Waals surface area (Å²) in [6.07, 6.45) is 5.06. The predicted octanol–water partition coefficient (Wildman–Crippen LogP) is 1.66. The first-order valence-corrected chi connectivity index (χ1v) is 4.12. The zero-order valence-electron chi connectivity index (χ0n) is 7.82. The fourth-order valence-corrected chi connectivity index (χ4v) is 1.67. The van der Waals surface area contributed by atoms with Crippen molar-refractivity contribution in [2.24, 2.45) is 5.73 Å². The van der Waals surface area contributed by atoms with Crippen LogP contribution in [0.25, 0.3) is 0 Å². The van der Waals surface area contributed by atoms with Crippen molar-refractivity contribution in [3.8, 4) is 0 Å². The number of nitrogens with two attached hydrogens (primary N) is 1. The Morgan fingerprint density at radius 3 is 2.08 bits per heavy atom. The van der Waals surface area contributed by atoms with E-state index in [9.17, 15) is 0 Å². The first kappa shape index (κ1) is 15.0. The summed E-state index contributed by atoms with van der Waals surface area (Å²) < 4.78 is 0. The van der Waals surface area contributed by atoms with Gasteiger partial charge in [-0.25, -0.2) is 0 Å². The minimum Gasteiger partial charge on any atom is -0.328 e. The number of halogens is 2. The van der Waals surface area contributed by atoms with Crippen LogP contribution in [0.4, 0.5) is 0 Å². The normalized spacial score (nSPS) is 29.0. The smallest absolute Gasteiger partial charge is 0.0104 e. The van der Waals surface area contributed by atoms with Gasteiger partial charge in [-0.2, -0.15) is 0 Å². The number of hydrogen-bond acceptors (Lipinski definition) is 2. The maximum absolute atomic E-state index is 5.84. The Morgan fingerprint density at radius 1 is 1.17 bits per heavy atom. The summed E-state index contributed by atoms with van der Waals surface area (Å²) in [6, 6.07) is 1.20. The largest absolute Gasteiger partial charge is 0.328 e. The maximum Gasteiger partial charge on any atom is 0.0104 e. The van der Waals surface area contributed by atoms with Crippen LogP contribution in [-0.2, 0) is 0 Å². The van der Waals surface area contributed by atoms with E-state index in [1.807, 2.05) is 0 Å². The summed E-state index contributed by atoms with van der Waals surface area (Å²) in [5.41, 5.74) is 5.84. The highest BCUT2D eigenvalue weighted by Crippen LogP contribution is 2.19. The van der Waals surface area contributed by atoms with Crippen molar-refractivity contribution < 1.29 is 0 Å². The van der Waals surface area contributed by atoms with Gasteiger partial charge >= 0.3 is 0 Å². The molecule has 2 atom stereocenters. The van der Waals surface area contributed by atoms with Crippen LogP contribution < -0.4 is 5.73 Å². The summed E-state index contributed by atoms with van der Waals surface area (Å²) in [5, 5.41) is 0. The average molecular weight is 215 g/mol. The lowest BCUT2D eigenvalue weighted by molar-refractivity contribution is 0.214. The molecule has 0 aromatic heterocycles. The molecular weight excluding hydrogens is 195 g/mol. The van der Waals surface area contributed by atoms with Gasteiger partial charge in [0.2, 0.25) is 0 Å². The van der Waals surface area contributed by atoms with Gasteiger partial charge in [0.15, 0.2) is 0 Å². The Labute approximate surface area is 87.7 Å². The highest BCUT2D eigenvalue weighted by molar-refractivity contribution is 5.85. The highest BCUT2D eigenvalue weighted by atomic mass is 35.5. The molecule has 4 heteroatoms. The molecule has 0 amide bonds. The van der Waals surface area contributed by atoms with Crippen molar-refractivity contribution in [2.75, 3.05) is 14.1 Å². The van der Waals surface area contributed by atoms with E-state index in [0.29, 0.717) is 6.04 Å². The van der Waals surface area contributed by atoms with Gasteiger partial charge in [0.05, 0.1) is 0 Å². The molecule has 1 aliphatic carbocycles. The first-order valence-electron chi connectivity index (χ1n) is 4.12. The molecular formula is C8H20Cl2N2. The van der Waals surface area contributed by atoms with Crippen LogP contribution in [0.3, 0.4) is 0 Å². The SMILES string of the molecule is CN(C)C1CCCC(N)C1.Cl.Cl. The molecule has 0 aliphatic heterocycles. The van der Waals surface area contributed by atoms with Gasteiger partial charge < -0.3 is 10.6 Å². The molecule has 76 valence electrons. The van der Waals surface area contributed by atoms with Crippen molar-refractivity contribution in [3.05, 3.63) is 0 Å². The van der Waals surface area contributed by atoms with Gasteiger partial charge in [0.25, 0.3) is 0 Å². The van der Waals surface area contributed by atoms with E-state index in [0.717, 1.165) is 6.04 Å². The third kappa shape index (κ3) is 4.51. The molecule has 0 radical (unpaired) electrons. The van der Waals surface area contributed by atoms with Crippen molar-refractivity contribution in [3.63, 3.8) is 0 Å². The molecule has 1 saturated carbocycles. The average Bonchev–Trinajstić information content (AvgIpc) is 1.88. The Balaban J connectivity index is 0. The van der Waals surface area contributed by atoms with E-state index in [4.69, 9.17) is 5.73 Å². The maximum atomic E-state index is 5.84. The van der Waals surface area contributed by atoms with Crippen molar-refractivity contribution in [1.82, 2.24) is 4.90 Å². The third-order valence-electron chi connectivity index (χ3n) is 2.42. The van der Waals surface area contributed by atoms with Gasteiger partial charge in [-0.15, -0.1) is 24.8 Å². The predicted molar refractivity (Wildman–Crippen MR) is 58.4 cm³/mol. The van der Waals surface area contributed by atoms with Gasteiger partial charge in [0, 0.05) is 12.1 Å². The molecule has 0 aromatic rings. The van der Waals surface area contributed by atoms with Crippen molar-refractivity contribution in [2.45, 2.75) is 37.8 Å². The second-order valence-electron chi connectivity index (χ2n) is 3.54. The van der Waals surface area contributed by atoms with Gasteiger partial charge in [0.1, 0.15) is 0 Å². The van der Waals surface area contributed by atoms with Crippen LogP contribution >= 0.6 is 24.8 Å². The molecule has 2 unspecified atom stereocenters. The fraction of sp³-hybridized carbons (Fsp3) is 1.00. The quantitative estimate of drug-likeness (QED) is 0.720. The molecule has 12 heavy (non-hydrogen) atoms. The first-order chi connectivity index (χ1) is 4.70. The van der Waals surface area contributed by atoms with E-state index in [1.54, 1.807) is 0 Å². The Bertz CT molecular complexity index is 109. The van der Waals surface area contributed by atoms with E-state index in [2.05, 4.69) is 19.0 Å². The van der Waals surface area contributed by atoms with E-state index >= 15 is 0 Å². The summed E-state index contributed by atoms with van der Waals surface area (Å²) in [5.74, 6) is 0. The fourth-order valence-electron chi connectivity index (χ4n) is 1.67. The van der Waals surface area contributed by atoms with Crippen molar-refractivity contribution >= 4 is 24.8 Å². The molecule has 1 aliphatic rings. The number of rotatable bonds is 1. The molecule has 0 saturated heterocycles. The van der Waals surface area contributed by atoms with E-state index in [1.165, 1.54) is 25.7 Å². The molecule has 0 aromatic carbocycles.